The highest BCUT2D eigenvalue weighted by Crippen LogP contribution is 2.64. The minimum Gasteiger partial charge on any atom is -0.299 e. The predicted octanol–water partition coefficient (Wildman–Crippen LogP) is 3.76. The van der Waals surface area contributed by atoms with Crippen molar-refractivity contribution >= 4 is 11.6 Å². The maximum absolute atomic E-state index is 12.4. The molecule has 0 spiro atoms. The van der Waals surface area contributed by atoms with Crippen LogP contribution in [0.5, 0.6) is 0 Å². The minimum absolute atomic E-state index is 0.127. The molecule has 0 aromatic carbocycles. The van der Waals surface area contributed by atoms with Crippen molar-refractivity contribution < 1.29 is 9.59 Å². The fourth-order valence-electron chi connectivity index (χ4n) is 5.26. The average Bonchev–Trinajstić information content (AvgIpc) is 2.44. The van der Waals surface area contributed by atoms with Crippen molar-refractivity contribution in [2.45, 2.75) is 53.4 Å². The van der Waals surface area contributed by atoms with Crippen LogP contribution in [0, 0.1) is 33.5 Å². The van der Waals surface area contributed by atoms with Crippen molar-refractivity contribution in [3.63, 3.8) is 0 Å². The van der Waals surface area contributed by atoms with Gasteiger partial charge in [0.15, 0.2) is 5.78 Å². The molecule has 3 aliphatic rings. The SMILES string of the molecule is CC12C=C(C#N)C(=O)C=C1[C@@]1(C)CCC(=O)C(C)(C)[C@@H]1CC2. The van der Waals surface area contributed by atoms with Crippen molar-refractivity contribution in [1.82, 2.24) is 0 Å². The summed E-state index contributed by atoms with van der Waals surface area (Å²) in [5.41, 5.74) is 0.718. The number of Topliss-reactive ketones (excluding diaryl/α,β-unsaturated/α-hetero) is 1. The summed E-state index contributed by atoms with van der Waals surface area (Å²) in [5, 5.41) is 9.17. The van der Waals surface area contributed by atoms with Crippen LogP contribution >= 0.6 is 0 Å². The number of hydrogen-bond acceptors (Lipinski definition) is 3. The van der Waals surface area contributed by atoms with E-state index in [4.69, 9.17) is 5.26 Å². The molecule has 1 unspecified atom stereocenters. The van der Waals surface area contributed by atoms with Gasteiger partial charge < -0.3 is 0 Å². The van der Waals surface area contributed by atoms with E-state index in [1.807, 2.05) is 12.1 Å². The van der Waals surface area contributed by atoms with Crippen LogP contribution in [-0.4, -0.2) is 11.6 Å². The fourth-order valence-corrected chi connectivity index (χ4v) is 5.26. The molecule has 22 heavy (non-hydrogen) atoms. The Labute approximate surface area is 132 Å². The molecular formula is C19H23NO2. The van der Waals surface area contributed by atoms with Crippen LogP contribution in [0.1, 0.15) is 53.4 Å². The molecule has 3 aliphatic carbocycles. The molecule has 0 saturated heterocycles. The fraction of sp³-hybridized carbons (Fsp3) is 0.632. The largest absolute Gasteiger partial charge is 0.299 e. The highest BCUT2D eigenvalue weighted by atomic mass is 16.1. The Bertz CT molecular complexity index is 676. The molecule has 2 fully saturated rings. The van der Waals surface area contributed by atoms with Crippen LogP contribution in [0.15, 0.2) is 23.3 Å². The first kappa shape index (κ1) is 15.2. The standard InChI is InChI=1S/C19H23NO2/c1-17(2)14-5-7-18(3)10-12(11-20)13(21)9-15(18)19(14,4)8-6-16(17)22/h9-10,14H,5-8H2,1-4H3/t14-,18?,19-/m0/s1. The van der Waals surface area contributed by atoms with Crippen molar-refractivity contribution in [2.75, 3.05) is 0 Å². The molecule has 0 heterocycles. The van der Waals surface area contributed by atoms with Crippen molar-refractivity contribution in [2.24, 2.45) is 22.2 Å². The quantitative estimate of drug-likeness (QED) is 0.684. The summed E-state index contributed by atoms with van der Waals surface area (Å²) in [4.78, 5) is 24.6. The van der Waals surface area contributed by atoms with Gasteiger partial charge in [-0.3, -0.25) is 9.59 Å². The van der Waals surface area contributed by atoms with Gasteiger partial charge in [-0.15, -0.1) is 0 Å². The number of rotatable bonds is 0. The van der Waals surface area contributed by atoms with Gasteiger partial charge in [0.2, 0.25) is 0 Å². The Balaban J connectivity index is 2.13. The van der Waals surface area contributed by atoms with Gasteiger partial charge in [0.1, 0.15) is 11.9 Å². The van der Waals surface area contributed by atoms with Crippen LogP contribution in [0.2, 0.25) is 0 Å². The molecule has 3 rings (SSSR count). The molecule has 0 radical (unpaired) electrons. The summed E-state index contributed by atoms with van der Waals surface area (Å²) in [6, 6.07) is 2.03. The first-order valence-electron chi connectivity index (χ1n) is 8.08. The highest BCUT2D eigenvalue weighted by Gasteiger charge is 2.58. The molecule has 0 aromatic heterocycles. The van der Waals surface area contributed by atoms with Gasteiger partial charge in [-0.05, 0) is 36.7 Å². The molecule has 2 saturated carbocycles. The van der Waals surface area contributed by atoms with Gasteiger partial charge in [-0.1, -0.05) is 39.3 Å². The zero-order chi connectivity index (χ0) is 16.3. The first-order chi connectivity index (χ1) is 10.1. The Morgan fingerprint density at radius 2 is 1.86 bits per heavy atom. The molecular weight excluding hydrogens is 274 g/mol. The van der Waals surface area contributed by atoms with Gasteiger partial charge in [0.05, 0.1) is 5.57 Å². The second kappa shape index (κ2) is 4.41. The third-order valence-corrected chi connectivity index (χ3v) is 6.54. The highest BCUT2D eigenvalue weighted by molar-refractivity contribution is 6.08. The molecule has 3 nitrogen and oxygen atoms in total. The van der Waals surface area contributed by atoms with Gasteiger partial charge in [0, 0.05) is 17.3 Å². The van der Waals surface area contributed by atoms with E-state index in [0.29, 0.717) is 12.2 Å². The first-order valence-corrected chi connectivity index (χ1v) is 8.08. The van der Waals surface area contributed by atoms with Crippen molar-refractivity contribution in [3.05, 3.63) is 23.3 Å². The summed E-state index contributed by atoms with van der Waals surface area (Å²) in [6.45, 7) is 8.46. The molecule has 0 N–H and O–H groups in total. The van der Waals surface area contributed by atoms with Gasteiger partial charge in [-0.25, -0.2) is 0 Å². The maximum atomic E-state index is 12.4. The Kier molecular flexibility index (Phi) is 3.05. The van der Waals surface area contributed by atoms with Crippen LogP contribution in [-0.2, 0) is 9.59 Å². The second-order valence-corrected chi connectivity index (χ2v) is 8.16. The third-order valence-electron chi connectivity index (χ3n) is 6.54. The number of carbonyl (C=O) groups excluding carboxylic acids is 2. The second-order valence-electron chi connectivity index (χ2n) is 8.16. The Morgan fingerprint density at radius 1 is 1.18 bits per heavy atom. The minimum atomic E-state index is -0.336. The monoisotopic (exact) mass is 297 g/mol. The van der Waals surface area contributed by atoms with E-state index in [9.17, 15) is 9.59 Å². The predicted molar refractivity (Wildman–Crippen MR) is 83.7 cm³/mol. The van der Waals surface area contributed by atoms with Crippen LogP contribution in [0.3, 0.4) is 0 Å². The number of allylic oxidation sites excluding steroid dienone is 4. The van der Waals surface area contributed by atoms with Crippen molar-refractivity contribution in [1.29, 1.82) is 5.26 Å². The Morgan fingerprint density at radius 3 is 2.50 bits per heavy atom. The molecule has 0 aliphatic heterocycles. The summed E-state index contributed by atoms with van der Waals surface area (Å²) >= 11 is 0. The van der Waals surface area contributed by atoms with E-state index >= 15 is 0 Å². The zero-order valence-corrected chi connectivity index (χ0v) is 13.8. The smallest absolute Gasteiger partial charge is 0.196 e. The lowest BCUT2D eigenvalue weighted by Gasteiger charge is -2.58. The zero-order valence-electron chi connectivity index (χ0n) is 13.8. The average molecular weight is 297 g/mol. The van der Waals surface area contributed by atoms with E-state index in [1.54, 1.807) is 6.08 Å². The topological polar surface area (TPSA) is 57.9 Å². The summed E-state index contributed by atoms with van der Waals surface area (Å²) in [7, 11) is 0. The normalized spacial score (nSPS) is 40.0. The van der Waals surface area contributed by atoms with E-state index in [-0.39, 0.29) is 33.5 Å². The molecule has 116 valence electrons. The van der Waals surface area contributed by atoms with Crippen molar-refractivity contribution in [3.8, 4) is 6.07 Å². The van der Waals surface area contributed by atoms with E-state index in [1.165, 1.54) is 0 Å². The lowest BCUT2D eigenvalue weighted by atomic mass is 9.44. The number of ketones is 2. The summed E-state index contributed by atoms with van der Waals surface area (Å²) in [5.74, 6) is 0.437. The van der Waals surface area contributed by atoms with Crippen LogP contribution in [0.4, 0.5) is 0 Å². The van der Waals surface area contributed by atoms with E-state index < -0.39 is 0 Å². The van der Waals surface area contributed by atoms with Gasteiger partial charge in [0.25, 0.3) is 0 Å². The lowest BCUT2D eigenvalue weighted by molar-refractivity contribution is -0.140. The third kappa shape index (κ3) is 1.79. The number of nitriles is 1. The molecule has 3 atom stereocenters. The Hall–Kier alpha value is -1.69. The number of fused-ring (bicyclic) bond motifs is 3. The number of hydrogen-bond donors (Lipinski definition) is 0. The van der Waals surface area contributed by atoms with E-state index in [2.05, 4.69) is 27.7 Å². The summed E-state index contributed by atoms with van der Waals surface area (Å²) < 4.78 is 0. The lowest BCUT2D eigenvalue weighted by Crippen LogP contribution is -2.54. The van der Waals surface area contributed by atoms with E-state index in [0.717, 1.165) is 24.8 Å². The number of nitrogens with zero attached hydrogens (tertiary/aromatic N) is 1. The molecule has 0 aromatic rings. The molecule has 0 amide bonds. The van der Waals surface area contributed by atoms with Gasteiger partial charge in [-0.2, -0.15) is 5.26 Å². The summed E-state index contributed by atoms with van der Waals surface area (Å²) in [6.07, 6.45) is 6.83. The number of carbonyl (C=O) groups is 2. The molecule has 0 bridgehead atoms. The van der Waals surface area contributed by atoms with Crippen LogP contribution in [0.25, 0.3) is 0 Å². The maximum Gasteiger partial charge on any atom is 0.196 e. The van der Waals surface area contributed by atoms with Crippen LogP contribution < -0.4 is 0 Å². The van der Waals surface area contributed by atoms with Gasteiger partial charge >= 0.3 is 0 Å². The molecule has 3 heteroatoms.